The molecule has 0 saturated heterocycles. The molecule has 2 aromatic rings. The Bertz CT molecular complexity index is 1000. The van der Waals surface area contributed by atoms with Gasteiger partial charge in [0.15, 0.2) is 0 Å². The molecule has 0 spiro atoms. The second kappa shape index (κ2) is 7.97. The summed E-state index contributed by atoms with van der Waals surface area (Å²) in [5.74, 6) is 0.0195. The van der Waals surface area contributed by atoms with Crippen molar-refractivity contribution < 1.29 is 17.9 Å². The normalized spacial score (nSPS) is 18.5. The van der Waals surface area contributed by atoms with Gasteiger partial charge >= 0.3 is 0 Å². The third kappa shape index (κ3) is 4.66. The molecule has 2 N–H and O–H groups in total. The molecule has 28 heavy (non-hydrogen) atoms. The number of anilines is 1. The number of ether oxygens (including phenoxy) is 1. The van der Waals surface area contributed by atoms with Gasteiger partial charge in [-0.25, -0.2) is 18.1 Å². The van der Waals surface area contributed by atoms with Gasteiger partial charge in [0, 0.05) is 11.6 Å². The Labute approximate surface area is 164 Å². The van der Waals surface area contributed by atoms with E-state index in [9.17, 15) is 13.2 Å². The Morgan fingerprint density at radius 2 is 2.11 bits per heavy atom. The van der Waals surface area contributed by atoms with Crippen molar-refractivity contribution in [2.75, 3.05) is 11.3 Å². The lowest BCUT2D eigenvalue weighted by atomic mass is 10.0. The van der Waals surface area contributed by atoms with E-state index in [1.54, 1.807) is 12.1 Å². The molecule has 1 aromatic carbocycles. The van der Waals surface area contributed by atoms with E-state index in [-0.39, 0.29) is 40.8 Å². The van der Waals surface area contributed by atoms with Gasteiger partial charge in [0.05, 0.1) is 16.6 Å². The number of benzene rings is 1. The van der Waals surface area contributed by atoms with Crippen LogP contribution in [0.4, 0.5) is 5.95 Å². The molecule has 0 aliphatic carbocycles. The van der Waals surface area contributed by atoms with Gasteiger partial charge in [0.25, 0.3) is 15.9 Å². The first-order valence-corrected chi connectivity index (χ1v) is 10.3. The SMILES string of the molecule is C=Cc1cc2nc(n1)NS(=O)(=O)c1cccc(c1)C(=O)N[C@H](CC(C)C)CO2. The van der Waals surface area contributed by atoms with Crippen LogP contribution in [0.1, 0.15) is 36.3 Å². The van der Waals surface area contributed by atoms with Crippen molar-refractivity contribution in [1.82, 2.24) is 15.3 Å². The van der Waals surface area contributed by atoms with Crippen LogP contribution < -0.4 is 14.8 Å². The van der Waals surface area contributed by atoms with E-state index in [1.807, 2.05) is 13.8 Å². The molecule has 9 heteroatoms. The quantitative estimate of drug-likeness (QED) is 0.816. The molecule has 1 aliphatic heterocycles. The number of aromatic nitrogens is 2. The lowest BCUT2D eigenvalue weighted by molar-refractivity contribution is 0.0913. The fraction of sp³-hybridized carbons (Fsp3) is 0.316. The van der Waals surface area contributed by atoms with Crippen LogP contribution in [-0.2, 0) is 10.0 Å². The summed E-state index contributed by atoms with van der Waals surface area (Å²) in [5, 5.41) is 2.92. The van der Waals surface area contributed by atoms with Gasteiger partial charge in [-0.2, -0.15) is 4.98 Å². The van der Waals surface area contributed by atoms with Gasteiger partial charge in [0.1, 0.15) is 6.61 Å². The third-order valence-electron chi connectivity index (χ3n) is 4.09. The van der Waals surface area contributed by atoms with E-state index in [0.29, 0.717) is 18.0 Å². The van der Waals surface area contributed by atoms with Crippen LogP contribution in [0, 0.1) is 5.92 Å². The number of amides is 1. The largest absolute Gasteiger partial charge is 0.475 e. The van der Waals surface area contributed by atoms with Crippen molar-refractivity contribution in [2.24, 2.45) is 5.92 Å². The highest BCUT2D eigenvalue weighted by Gasteiger charge is 2.22. The summed E-state index contributed by atoms with van der Waals surface area (Å²) < 4.78 is 33.5. The van der Waals surface area contributed by atoms with Crippen LogP contribution >= 0.6 is 0 Å². The van der Waals surface area contributed by atoms with Crippen molar-refractivity contribution in [3.63, 3.8) is 0 Å². The minimum Gasteiger partial charge on any atom is -0.475 e. The maximum absolute atomic E-state index is 12.7. The molecule has 1 amide bonds. The number of rotatable bonds is 3. The van der Waals surface area contributed by atoms with Gasteiger partial charge < -0.3 is 10.1 Å². The smallest absolute Gasteiger partial charge is 0.264 e. The van der Waals surface area contributed by atoms with Crippen LogP contribution in [0.2, 0.25) is 0 Å². The van der Waals surface area contributed by atoms with E-state index < -0.39 is 10.0 Å². The highest BCUT2D eigenvalue weighted by Crippen LogP contribution is 2.20. The standard InChI is InChI=1S/C19H22N4O4S/c1-4-14-10-17-22-19(21-14)23-28(25,26)16-7-5-6-13(9-16)18(24)20-15(11-27-17)8-12(2)3/h4-7,9-10,12,15H,1,8,11H2,2-3H3,(H,20,24)(H,21,22,23)/t15-/m1/s1. The van der Waals surface area contributed by atoms with E-state index >= 15 is 0 Å². The van der Waals surface area contributed by atoms with E-state index in [4.69, 9.17) is 4.74 Å². The molecule has 0 fully saturated rings. The fourth-order valence-corrected chi connectivity index (χ4v) is 3.83. The summed E-state index contributed by atoms with van der Waals surface area (Å²) in [7, 11) is -3.98. The topological polar surface area (TPSA) is 110 Å². The molecule has 2 heterocycles. The van der Waals surface area contributed by atoms with Crippen LogP contribution in [-0.4, -0.2) is 36.9 Å². The lowest BCUT2D eigenvalue weighted by Gasteiger charge is -2.21. The van der Waals surface area contributed by atoms with Crippen LogP contribution in [0.25, 0.3) is 6.08 Å². The number of nitrogens with zero attached hydrogens (tertiary/aromatic N) is 2. The Kier molecular flexibility index (Phi) is 5.64. The predicted octanol–water partition coefficient (Wildman–Crippen LogP) is 2.46. The van der Waals surface area contributed by atoms with Crippen molar-refractivity contribution in [3.8, 4) is 5.88 Å². The molecule has 1 aliphatic rings. The molecule has 8 nitrogen and oxygen atoms in total. The van der Waals surface area contributed by atoms with Gasteiger partial charge in [-0.15, -0.1) is 0 Å². The zero-order valence-corrected chi connectivity index (χ0v) is 16.5. The first-order valence-electron chi connectivity index (χ1n) is 8.85. The number of fused-ring (bicyclic) bond motifs is 4. The van der Waals surface area contributed by atoms with Crippen molar-refractivity contribution in [2.45, 2.75) is 31.2 Å². The summed E-state index contributed by atoms with van der Waals surface area (Å²) in [6.07, 6.45) is 2.16. The molecule has 4 bridgehead atoms. The minimum absolute atomic E-state index is 0.0603. The molecule has 1 aromatic heterocycles. The monoisotopic (exact) mass is 402 g/mol. The first-order chi connectivity index (χ1) is 13.3. The maximum Gasteiger partial charge on any atom is 0.264 e. The third-order valence-corrected chi connectivity index (χ3v) is 5.41. The Hall–Kier alpha value is -2.94. The molecule has 148 valence electrons. The average molecular weight is 402 g/mol. The number of carbonyl (C=O) groups excluding carboxylic acids is 1. The summed E-state index contributed by atoms with van der Waals surface area (Å²) in [4.78, 5) is 20.8. The van der Waals surface area contributed by atoms with Crippen molar-refractivity contribution in [3.05, 3.63) is 48.2 Å². The number of carbonyl (C=O) groups is 1. The van der Waals surface area contributed by atoms with Gasteiger partial charge in [-0.1, -0.05) is 26.5 Å². The maximum atomic E-state index is 12.7. The number of sulfonamides is 1. The van der Waals surface area contributed by atoms with E-state index in [2.05, 4.69) is 26.6 Å². The minimum atomic E-state index is -3.98. The summed E-state index contributed by atoms with van der Waals surface area (Å²) in [5.41, 5.74) is 0.658. The van der Waals surface area contributed by atoms with Gasteiger partial charge in [-0.05, 0) is 36.6 Å². The zero-order chi connectivity index (χ0) is 20.3. The number of hydrogen-bond acceptors (Lipinski definition) is 6. The van der Waals surface area contributed by atoms with E-state index in [1.165, 1.54) is 24.3 Å². The van der Waals surface area contributed by atoms with Gasteiger partial charge in [-0.3, -0.25) is 4.79 Å². The Morgan fingerprint density at radius 1 is 1.32 bits per heavy atom. The van der Waals surface area contributed by atoms with E-state index in [0.717, 1.165) is 0 Å². The molecular weight excluding hydrogens is 380 g/mol. The molecule has 0 saturated carbocycles. The van der Waals surface area contributed by atoms with Crippen LogP contribution in [0.15, 0.2) is 41.8 Å². The first kappa shape index (κ1) is 19.8. The fourth-order valence-electron chi connectivity index (χ4n) is 2.84. The Balaban J connectivity index is 2.09. The predicted molar refractivity (Wildman–Crippen MR) is 106 cm³/mol. The van der Waals surface area contributed by atoms with Crippen LogP contribution in [0.5, 0.6) is 5.88 Å². The molecule has 3 rings (SSSR count). The summed E-state index contributed by atoms with van der Waals surface area (Å²) in [6.45, 7) is 7.93. The molecule has 0 unspecified atom stereocenters. The highest BCUT2D eigenvalue weighted by atomic mass is 32.2. The van der Waals surface area contributed by atoms with Gasteiger partial charge in [0.2, 0.25) is 11.8 Å². The second-order valence-corrected chi connectivity index (χ2v) is 8.59. The molecule has 1 atom stereocenters. The Morgan fingerprint density at radius 3 is 2.82 bits per heavy atom. The number of hydrogen-bond donors (Lipinski definition) is 2. The lowest BCUT2D eigenvalue weighted by Crippen LogP contribution is -2.40. The van der Waals surface area contributed by atoms with Crippen molar-refractivity contribution in [1.29, 1.82) is 0 Å². The van der Waals surface area contributed by atoms with Crippen molar-refractivity contribution >= 4 is 28.0 Å². The highest BCUT2D eigenvalue weighted by molar-refractivity contribution is 7.92. The summed E-state index contributed by atoms with van der Waals surface area (Å²) >= 11 is 0. The van der Waals surface area contributed by atoms with Crippen LogP contribution in [0.3, 0.4) is 0 Å². The zero-order valence-electron chi connectivity index (χ0n) is 15.7. The molecule has 0 radical (unpaired) electrons. The average Bonchev–Trinajstić information content (AvgIpc) is 2.64. The number of nitrogens with one attached hydrogen (secondary N) is 2. The second-order valence-electron chi connectivity index (χ2n) is 6.90. The summed E-state index contributed by atoms with van der Waals surface area (Å²) in [6, 6.07) is 7.09. The molecular formula is C19H22N4O4S.